The van der Waals surface area contributed by atoms with Crippen LogP contribution in [0.5, 0.6) is 0 Å². The average molecular weight is 348 g/mol. The minimum absolute atomic E-state index is 0. The van der Waals surface area contributed by atoms with Gasteiger partial charge >= 0.3 is 0 Å². The lowest BCUT2D eigenvalue weighted by Crippen LogP contribution is -2.42. The second-order valence-corrected chi connectivity index (χ2v) is 5.82. The largest absolute Gasteiger partial charge is 0.370 e. The fraction of sp³-hybridized carbons (Fsp3) is 0.600. The third-order valence-electron chi connectivity index (χ3n) is 4.06. The Kier molecular flexibility index (Phi) is 5.89. The summed E-state index contributed by atoms with van der Waals surface area (Å²) in [5, 5.41) is 2.60. The summed E-state index contributed by atoms with van der Waals surface area (Å²) in [4.78, 5) is 18.0. The van der Waals surface area contributed by atoms with E-state index >= 15 is 0 Å². The average Bonchev–Trinajstić information content (AvgIpc) is 3.12. The Balaban J connectivity index is 0.00000192. The number of rotatable bonds is 4. The number of aromatic nitrogens is 1. The molecule has 1 amide bonds. The highest BCUT2D eigenvalue weighted by molar-refractivity contribution is 5.85. The second-order valence-electron chi connectivity index (χ2n) is 5.82. The molecule has 1 aromatic rings. The molecule has 2 atom stereocenters. The van der Waals surface area contributed by atoms with Crippen LogP contribution < -0.4 is 5.32 Å². The van der Waals surface area contributed by atoms with Gasteiger partial charge < -0.3 is 9.64 Å². The van der Waals surface area contributed by atoms with Crippen LogP contribution in [0.1, 0.15) is 18.5 Å². The van der Waals surface area contributed by atoms with E-state index in [9.17, 15) is 13.6 Å². The molecule has 2 fully saturated rings. The SMILES string of the molecule is Cl.O=C(C1CC(F)(F)CN1)N1CCC(OCc2ccccn2)C1. The Labute approximate surface area is 139 Å². The molecule has 2 aliphatic heterocycles. The van der Waals surface area contributed by atoms with Crippen molar-refractivity contribution in [1.29, 1.82) is 0 Å². The van der Waals surface area contributed by atoms with Crippen LogP contribution in [0.3, 0.4) is 0 Å². The van der Waals surface area contributed by atoms with E-state index in [0.29, 0.717) is 19.7 Å². The molecule has 0 bridgehead atoms. The van der Waals surface area contributed by atoms with Gasteiger partial charge in [0.1, 0.15) is 0 Å². The first-order valence-electron chi connectivity index (χ1n) is 7.45. The fourth-order valence-corrected chi connectivity index (χ4v) is 2.86. The molecule has 0 radical (unpaired) electrons. The Morgan fingerprint density at radius 3 is 2.96 bits per heavy atom. The van der Waals surface area contributed by atoms with E-state index in [4.69, 9.17) is 4.74 Å². The second kappa shape index (κ2) is 7.51. The number of amides is 1. The molecular weight excluding hydrogens is 328 g/mol. The van der Waals surface area contributed by atoms with Crippen molar-refractivity contribution in [2.24, 2.45) is 0 Å². The van der Waals surface area contributed by atoms with Crippen molar-refractivity contribution in [2.45, 2.75) is 37.5 Å². The number of hydrogen-bond donors (Lipinski definition) is 1. The van der Waals surface area contributed by atoms with Crippen molar-refractivity contribution >= 4 is 18.3 Å². The molecule has 5 nitrogen and oxygen atoms in total. The number of pyridine rings is 1. The molecule has 1 aromatic heterocycles. The summed E-state index contributed by atoms with van der Waals surface area (Å²) in [5.74, 6) is -3.03. The van der Waals surface area contributed by atoms with Crippen molar-refractivity contribution in [1.82, 2.24) is 15.2 Å². The topological polar surface area (TPSA) is 54.5 Å². The first-order valence-corrected chi connectivity index (χ1v) is 7.45. The number of carbonyl (C=O) groups is 1. The lowest BCUT2D eigenvalue weighted by atomic mass is 10.2. The van der Waals surface area contributed by atoms with E-state index in [1.54, 1.807) is 11.1 Å². The van der Waals surface area contributed by atoms with Crippen LogP contribution in [0.25, 0.3) is 0 Å². The normalized spacial score (nSPS) is 26.1. The molecule has 2 aliphatic rings. The molecule has 2 unspecified atom stereocenters. The lowest BCUT2D eigenvalue weighted by molar-refractivity contribution is -0.133. The minimum atomic E-state index is -2.78. The van der Waals surface area contributed by atoms with Crippen LogP contribution >= 0.6 is 12.4 Å². The molecule has 1 N–H and O–H groups in total. The summed E-state index contributed by atoms with van der Waals surface area (Å²) in [6, 6.07) is 4.83. The third kappa shape index (κ3) is 4.59. The van der Waals surface area contributed by atoms with Gasteiger partial charge in [-0.05, 0) is 18.6 Å². The van der Waals surface area contributed by atoms with Gasteiger partial charge in [0.25, 0.3) is 5.92 Å². The smallest absolute Gasteiger partial charge is 0.262 e. The molecular formula is C15H20ClF2N3O2. The van der Waals surface area contributed by atoms with E-state index < -0.39 is 24.9 Å². The highest BCUT2D eigenvalue weighted by atomic mass is 35.5. The Morgan fingerprint density at radius 1 is 1.48 bits per heavy atom. The molecule has 2 saturated heterocycles. The van der Waals surface area contributed by atoms with Crippen molar-refractivity contribution < 1.29 is 18.3 Å². The van der Waals surface area contributed by atoms with E-state index in [0.717, 1.165) is 12.1 Å². The van der Waals surface area contributed by atoms with Gasteiger partial charge in [0.15, 0.2) is 0 Å². The predicted molar refractivity (Wildman–Crippen MR) is 82.6 cm³/mol. The maximum Gasteiger partial charge on any atom is 0.262 e. The monoisotopic (exact) mass is 347 g/mol. The van der Waals surface area contributed by atoms with Gasteiger partial charge in [-0.25, -0.2) is 8.78 Å². The minimum Gasteiger partial charge on any atom is -0.370 e. The van der Waals surface area contributed by atoms with Crippen molar-refractivity contribution in [3.63, 3.8) is 0 Å². The van der Waals surface area contributed by atoms with E-state index in [1.165, 1.54) is 0 Å². The van der Waals surface area contributed by atoms with Gasteiger partial charge in [-0.15, -0.1) is 12.4 Å². The number of nitrogens with zero attached hydrogens (tertiary/aromatic N) is 2. The van der Waals surface area contributed by atoms with Crippen LogP contribution in [0.2, 0.25) is 0 Å². The van der Waals surface area contributed by atoms with Gasteiger partial charge in [0.2, 0.25) is 5.91 Å². The zero-order valence-corrected chi connectivity index (χ0v) is 13.4. The molecule has 0 aromatic carbocycles. The molecule has 3 heterocycles. The summed E-state index contributed by atoms with van der Waals surface area (Å²) in [6.07, 6.45) is 1.95. The summed E-state index contributed by atoms with van der Waals surface area (Å²) in [7, 11) is 0. The Bertz CT molecular complexity index is 533. The van der Waals surface area contributed by atoms with Crippen LogP contribution in [-0.4, -0.2) is 53.5 Å². The van der Waals surface area contributed by atoms with Crippen LogP contribution in [0.4, 0.5) is 8.78 Å². The zero-order chi connectivity index (χ0) is 15.6. The van der Waals surface area contributed by atoms with Gasteiger partial charge in [-0.3, -0.25) is 15.1 Å². The maximum absolute atomic E-state index is 13.2. The van der Waals surface area contributed by atoms with E-state index in [1.807, 2.05) is 18.2 Å². The van der Waals surface area contributed by atoms with Crippen molar-refractivity contribution in [2.75, 3.05) is 19.6 Å². The van der Waals surface area contributed by atoms with Crippen LogP contribution in [0.15, 0.2) is 24.4 Å². The summed E-state index contributed by atoms with van der Waals surface area (Å²) in [5.41, 5.74) is 0.837. The number of likely N-dealkylation sites (tertiary alicyclic amines) is 1. The number of alkyl halides is 2. The van der Waals surface area contributed by atoms with E-state index in [2.05, 4.69) is 10.3 Å². The summed E-state index contributed by atoms with van der Waals surface area (Å²) in [6.45, 7) is 0.981. The lowest BCUT2D eigenvalue weighted by Gasteiger charge is -2.20. The number of nitrogens with one attached hydrogen (secondary N) is 1. The van der Waals surface area contributed by atoms with Gasteiger partial charge in [-0.1, -0.05) is 6.07 Å². The number of halogens is 3. The zero-order valence-electron chi connectivity index (χ0n) is 12.6. The molecule has 128 valence electrons. The first kappa shape index (κ1) is 18.0. The molecule has 0 spiro atoms. The first-order chi connectivity index (χ1) is 10.5. The van der Waals surface area contributed by atoms with Crippen molar-refractivity contribution in [3.05, 3.63) is 30.1 Å². The van der Waals surface area contributed by atoms with Crippen LogP contribution in [-0.2, 0) is 16.1 Å². The quantitative estimate of drug-likeness (QED) is 0.899. The summed E-state index contributed by atoms with van der Waals surface area (Å²) < 4.78 is 32.1. The third-order valence-corrected chi connectivity index (χ3v) is 4.06. The maximum atomic E-state index is 13.2. The number of carbonyl (C=O) groups excluding carboxylic acids is 1. The molecule has 0 aliphatic carbocycles. The summed E-state index contributed by atoms with van der Waals surface area (Å²) >= 11 is 0. The fourth-order valence-electron chi connectivity index (χ4n) is 2.86. The highest BCUT2D eigenvalue weighted by Crippen LogP contribution is 2.27. The van der Waals surface area contributed by atoms with E-state index in [-0.39, 0.29) is 24.4 Å². The molecule has 3 rings (SSSR count). The van der Waals surface area contributed by atoms with Gasteiger partial charge in [0.05, 0.1) is 31.0 Å². The molecule has 23 heavy (non-hydrogen) atoms. The Hall–Kier alpha value is -1.31. The molecule has 8 heteroatoms. The van der Waals surface area contributed by atoms with Crippen molar-refractivity contribution in [3.8, 4) is 0 Å². The van der Waals surface area contributed by atoms with Gasteiger partial charge in [0, 0.05) is 25.7 Å². The number of ether oxygens (including phenoxy) is 1. The van der Waals surface area contributed by atoms with Gasteiger partial charge in [-0.2, -0.15) is 0 Å². The predicted octanol–water partition coefficient (Wildman–Crippen LogP) is 1.62. The van der Waals surface area contributed by atoms with Crippen LogP contribution in [0, 0.1) is 0 Å². The highest BCUT2D eigenvalue weighted by Gasteiger charge is 2.44. The number of hydrogen-bond acceptors (Lipinski definition) is 4. The molecule has 0 saturated carbocycles. The standard InChI is InChI=1S/C15H19F2N3O2.ClH/c16-15(17)7-13(19-10-15)14(21)20-6-4-12(8-20)22-9-11-3-1-2-5-18-11;/h1-3,5,12-13,19H,4,6-10H2;1H. The Morgan fingerprint density at radius 2 is 2.30 bits per heavy atom.